The van der Waals surface area contributed by atoms with Gasteiger partial charge in [-0.2, -0.15) is 0 Å². The third-order valence-electron chi connectivity index (χ3n) is 4.98. The SMILES string of the molecule is COCOc1ccc(C(=C(C)c2ccc(O)c(C)c2)c2ccc(OCOC)cc2)cc1. The molecule has 0 unspecified atom stereocenters. The number of ether oxygens (including phenoxy) is 4. The summed E-state index contributed by atoms with van der Waals surface area (Å²) >= 11 is 0. The second-order valence-corrected chi connectivity index (χ2v) is 7.15. The third kappa shape index (κ3) is 5.66. The molecule has 5 heteroatoms. The second-order valence-electron chi connectivity index (χ2n) is 7.15. The predicted octanol–water partition coefficient (Wildman–Crippen LogP) is 5.65. The third-order valence-corrected chi connectivity index (χ3v) is 4.98. The Morgan fingerprint density at radius 1 is 0.710 bits per heavy atom. The number of phenols is 1. The van der Waals surface area contributed by atoms with Gasteiger partial charge in [-0.15, -0.1) is 0 Å². The van der Waals surface area contributed by atoms with Gasteiger partial charge in [0.2, 0.25) is 0 Å². The lowest BCUT2D eigenvalue weighted by molar-refractivity contribution is 0.0509. The molecule has 0 saturated carbocycles. The van der Waals surface area contributed by atoms with Crippen LogP contribution in [0, 0.1) is 6.92 Å². The quantitative estimate of drug-likeness (QED) is 0.358. The van der Waals surface area contributed by atoms with Crippen LogP contribution in [0.5, 0.6) is 17.2 Å². The van der Waals surface area contributed by atoms with Crippen LogP contribution in [0.25, 0.3) is 11.1 Å². The fourth-order valence-electron chi connectivity index (χ4n) is 3.32. The van der Waals surface area contributed by atoms with Gasteiger partial charge >= 0.3 is 0 Å². The molecule has 0 aliphatic heterocycles. The van der Waals surface area contributed by atoms with Crippen molar-refractivity contribution in [2.75, 3.05) is 27.8 Å². The zero-order valence-electron chi connectivity index (χ0n) is 18.3. The summed E-state index contributed by atoms with van der Waals surface area (Å²) < 4.78 is 21.0. The Morgan fingerprint density at radius 3 is 1.58 bits per heavy atom. The molecule has 0 bridgehead atoms. The van der Waals surface area contributed by atoms with Gasteiger partial charge in [-0.05, 0) is 83.6 Å². The van der Waals surface area contributed by atoms with Gasteiger partial charge in [0.15, 0.2) is 13.6 Å². The fraction of sp³-hybridized carbons (Fsp3) is 0.231. The van der Waals surface area contributed by atoms with E-state index in [2.05, 4.69) is 6.92 Å². The van der Waals surface area contributed by atoms with Crippen molar-refractivity contribution < 1.29 is 24.1 Å². The number of hydrogen-bond acceptors (Lipinski definition) is 5. The number of methoxy groups -OCH3 is 2. The highest BCUT2D eigenvalue weighted by Crippen LogP contribution is 2.35. The molecular formula is C26H28O5. The van der Waals surface area contributed by atoms with E-state index >= 15 is 0 Å². The lowest BCUT2D eigenvalue weighted by Crippen LogP contribution is -2.00. The first-order valence-corrected chi connectivity index (χ1v) is 9.98. The zero-order valence-corrected chi connectivity index (χ0v) is 18.3. The molecule has 1 N–H and O–H groups in total. The maximum Gasteiger partial charge on any atom is 0.188 e. The average molecular weight is 421 g/mol. The Balaban J connectivity index is 2.06. The van der Waals surface area contributed by atoms with Crippen LogP contribution in [0.15, 0.2) is 66.7 Å². The molecule has 31 heavy (non-hydrogen) atoms. The summed E-state index contributed by atoms with van der Waals surface area (Å²) in [5.41, 5.74) is 6.17. The van der Waals surface area contributed by atoms with Gasteiger partial charge in [-0.1, -0.05) is 30.3 Å². The highest BCUT2D eigenvalue weighted by molar-refractivity contribution is 5.98. The lowest BCUT2D eigenvalue weighted by Gasteiger charge is -2.16. The molecule has 3 rings (SSSR count). The van der Waals surface area contributed by atoms with Gasteiger partial charge in [0.1, 0.15) is 17.2 Å². The molecule has 0 atom stereocenters. The minimum atomic E-state index is 0.205. The van der Waals surface area contributed by atoms with Crippen molar-refractivity contribution in [2.45, 2.75) is 13.8 Å². The van der Waals surface area contributed by atoms with Gasteiger partial charge in [-0.3, -0.25) is 0 Å². The number of benzene rings is 3. The predicted molar refractivity (Wildman–Crippen MR) is 122 cm³/mol. The lowest BCUT2D eigenvalue weighted by atomic mass is 9.90. The van der Waals surface area contributed by atoms with E-state index < -0.39 is 0 Å². The van der Waals surface area contributed by atoms with Gasteiger partial charge in [0.25, 0.3) is 0 Å². The minimum Gasteiger partial charge on any atom is -0.508 e. The van der Waals surface area contributed by atoms with E-state index in [1.165, 1.54) is 0 Å². The molecule has 0 heterocycles. The maximum absolute atomic E-state index is 9.94. The number of allylic oxidation sites excluding steroid dienone is 1. The normalized spacial score (nSPS) is 10.6. The van der Waals surface area contributed by atoms with E-state index in [-0.39, 0.29) is 19.3 Å². The summed E-state index contributed by atoms with van der Waals surface area (Å²) in [6.45, 7) is 4.40. The van der Waals surface area contributed by atoms with E-state index in [4.69, 9.17) is 18.9 Å². The summed E-state index contributed by atoms with van der Waals surface area (Å²) in [6.07, 6.45) is 0. The Hall–Kier alpha value is -3.28. The van der Waals surface area contributed by atoms with Gasteiger partial charge < -0.3 is 24.1 Å². The minimum absolute atomic E-state index is 0.205. The fourth-order valence-corrected chi connectivity index (χ4v) is 3.32. The number of aromatic hydroxyl groups is 1. The van der Waals surface area contributed by atoms with Crippen molar-refractivity contribution in [3.8, 4) is 17.2 Å². The van der Waals surface area contributed by atoms with E-state index in [1.54, 1.807) is 20.3 Å². The van der Waals surface area contributed by atoms with Crippen LogP contribution in [0.3, 0.4) is 0 Å². The van der Waals surface area contributed by atoms with E-state index in [0.717, 1.165) is 44.9 Å². The summed E-state index contributed by atoms with van der Waals surface area (Å²) in [4.78, 5) is 0. The summed E-state index contributed by atoms with van der Waals surface area (Å²) in [5.74, 6) is 1.77. The van der Waals surface area contributed by atoms with Crippen LogP contribution in [0.4, 0.5) is 0 Å². The van der Waals surface area contributed by atoms with Crippen LogP contribution < -0.4 is 9.47 Å². The summed E-state index contributed by atoms with van der Waals surface area (Å²) in [7, 11) is 3.19. The molecule has 0 fully saturated rings. The molecule has 0 radical (unpaired) electrons. The molecule has 0 amide bonds. The smallest absolute Gasteiger partial charge is 0.188 e. The van der Waals surface area contributed by atoms with Crippen molar-refractivity contribution >= 4 is 11.1 Å². The number of hydrogen-bond donors (Lipinski definition) is 1. The molecule has 0 aliphatic rings. The highest BCUT2D eigenvalue weighted by atomic mass is 16.7. The van der Waals surface area contributed by atoms with E-state index in [0.29, 0.717) is 0 Å². The first kappa shape index (κ1) is 22.4. The molecular weight excluding hydrogens is 392 g/mol. The topological polar surface area (TPSA) is 57.2 Å². The van der Waals surface area contributed by atoms with Crippen LogP contribution in [-0.2, 0) is 9.47 Å². The van der Waals surface area contributed by atoms with Crippen LogP contribution in [-0.4, -0.2) is 32.9 Å². The van der Waals surface area contributed by atoms with Crippen molar-refractivity contribution in [3.05, 3.63) is 89.0 Å². The van der Waals surface area contributed by atoms with Crippen LogP contribution >= 0.6 is 0 Å². The number of aryl methyl sites for hydroxylation is 1. The highest BCUT2D eigenvalue weighted by Gasteiger charge is 2.13. The second kappa shape index (κ2) is 10.7. The number of rotatable bonds is 9. The first-order valence-electron chi connectivity index (χ1n) is 9.98. The molecule has 3 aromatic carbocycles. The Labute approximate surface area is 183 Å². The van der Waals surface area contributed by atoms with Gasteiger partial charge in [0.05, 0.1) is 0 Å². The Morgan fingerprint density at radius 2 is 1.16 bits per heavy atom. The van der Waals surface area contributed by atoms with Crippen molar-refractivity contribution in [2.24, 2.45) is 0 Å². The first-order chi connectivity index (χ1) is 15.0. The average Bonchev–Trinajstić information content (AvgIpc) is 2.80. The number of phenolic OH excluding ortho intramolecular Hbond substituents is 1. The summed E-state index contributed by atoms with van der Waals surface area (Å²) in [6, 6.07) is 21.5. The van der Waals surface area contributed by atoms with Crippen molar-refractivity contribution in [1.82, 2.24) is 0 Å². The Kier molecular flexibility index (Phi) is 7.70. The van der Waals surface area contributed by atoms with Gasteiger partial charge in [-0.25, -0.2) is 0 Å². The van der Waals surface area contributed by atoms with E-state index in [9.17, 15) is 5.11 Å². The van der Waals surface area contributed by atoms with Crippen LogP contribution in [0.2, 0.25) is 0 Å². The standard InChI is InChI=1S/C26H28O5/c1-18-15-22(9-14-25(18)27)19(2)26(20-5-10-23(11-6-20)30-16-28-3)21-7-12-24(13-8-21)31-17-29-4/h5-15,27H,16-17H2,1-4H3. The molecule has 0 aromatic heterocycles. The summed E-state index contributed by atoms with van der Waals surface area (Å²) in [5, 5.41) is 9.94. The van der Waals surface area contributed by atoms with Crippen molar-refractivity contribution in [3.63, 3.8) is 0 Å². The van der Waals surface area contributed by atoms with E-state index in [1.807, 2.05) is 67.6 Å². The molecule has 162 valence electrons. The maximum atomic E-state index is 9.94. The zero-order chi connectivity index (χ0) is 22.2. The molecule has 0 aliphatic carbocycles. The molecule has 3 aromatic rings. The van der Waals surface area contributed by atoms with Gasteiger partial charge in [0, 0.05) is 14.2 Å². The monoisotopic (exact) mass is 420 g/mol. The largest absolute Gasteiger partial charge is 0.508 e. The Bertz CT molecular complexity index is 967. The van der Waals surface area contributed by atoms with Crippen molar-refractivity contribution in [1.29, 1.82) is 0 Å². The molecule has 5 nitrogen and oxygen atoms in total. The van der Waals surface area contributed by atoms with Crippen LogP contribution in [0.1, 0.15) is 29.2 Å². The molecule has 0 spiro atoms. The molecule has 0 saturated heterocycles.